The highest BCUT2D eigenvalue weighted by Gasteiger charge is 2.45. The Hall–Kier alpha value is -1.02. The van der Waals surface area contributed by atoms with Crippen molar-refractivity contribution in [2.45, 2.75) is 64.6 Å². The average Bonchev–Trinajstić information content (AvgIpc) is 2.37. The van der Waals surface area contributed by atoms with Crippen molar-refractivity contribution in [1.29, 1.82) is 0 Å². The second-order valence-electron chi connectivity index (χ2n) is 7.79. The highest BCUT2D eigenvalue weighted by Crippen LogP contribution is 2.36. The molecule has 20 heavy (non-hydrogen) atoms. The lowest BCUT2D eigenvalue weighted by Gasteiger charge is -2.58. The molecule has 0 N–H and O–H groups in total. The zero-order chi connectivity index (χ0) is 14.5. The number of nitrogens with zero attached hydrogens (tertiary/aromatic N) is 2. The zero-order valence-electron chi connectivity index (χ0n) is 13.6. The fourth-order valence-corrected chi connectivity index (χ4v) is 3.86. The van der Waals surface area contributed by atoms with E-state index in [-0.39, 0.29) is 5.41 Å². The monoisotopic (exact) mass is 272 g/mol. The summed E-state index contributed by atoms with van der Waals surface area (Å²) in [6, 6.07) is 11.5. The maximum absolute atomic E-state index is 2.69. The lowest BCUT2D eigenvalue weighted by atomic mass is 9.85. The van der Waals surface area contributed by atoms with Crippen molar-refractivity contribution in [3.8, 4) is 0 Å². The van der Waals surface area contributed by atoms with Crippen LogP contribution in [0.5, 0.6) is 0 Å². The number of benzene rings is 1. The van der Waals surface area contributed by atoms with E-state index in [0.29, 0.717) is 6.04 Å². The van der Waals surface area contributed by atoms with Crippen LogP contribution in [-0.4, -0.2) is 36.1 Å². The van der Waals surface area contributed by atoms with Gasteiger partial charge in [-0.05, 0) is 43.4 Å². The van der Waals surface area contributed by atoms with E-state index < -0.39 is 0 Å². The predicted molar refractivity (Wildman–Crippen MR) is 86.5 cm³/mol. The number of piperazine rings is 1. The first kappa shape index (κ1) is 13.9. The third-order valence-corrected chi connectivity index (χ3v) is 4.94. The van der Waals surface area contributed by atoms with E-state index in [4.69, 9.17) is 0 Å². The van der Waals surface area contributed by atoms with Crippen LogP contribution >= 0.6 is 0 Å². The van der Waals surface area contributed by atoms with E-state index in [0.717, 1.165) is 12.1 Å². The highest BCUT2D eigenvalue weighted by molar-refractivity contribution is 5.50. The fraction of sp³-hybridized carbons (Fsp3) is 0.667. The molecule has 0 radical (unpaired) electrons. The minimum Gasteiger partial charge on any atom is -0.368 e. The van der Waals surface area contributed by atoms with Gasteiger partial charge in [0.25, 0.3) is 0 Å². The van der Waals surface area contributed by atoms with Crippen molar-refractivity contribution in [1.82, 2.24) is 4.90 Å². The Labute approximate surface area is 123 Å². The predicted octanol–water partition coefficient (Wildman–Crippen LogP) is 3.66. The van der Waals surface area contributed by atoms with Gasteiger partial charge >= 0.3 is 0 Å². The van der Waals surface area contributed by atoms with Gasteiger partial charge in [-0.15, -0.1) is 0 Å². The summed E-state index contributed by atoms with van der Waals surface area (Å²) in [7, 11) is 0. The molecule has 2 heteroatoms. The van der Waals surface area contributed by atoms with Gasteiger partial charge in [0.1, 0.15) is 0 Å². The normalized spacial score (nSPS) is 26.8. The van der Waals surface area contributed by atoms with Crippen LogP contribution in [0.4, 0.5) is 5.69 Å². The van der Waals surface area contributed by atoms with Gasteiger partial charge in [0, 0.05) is 36.9 Å². The molecule has 110 valence electrons. The molecule has 3 saturated heterocycles. The van der Waals surface area contributed by atoms with E-state index in [1.54, 1.807) is 0 Å². The molecule has 3 fully saturated rings. The second kappa shape index (κ2) is 4.77. The molecule has 2 bridgehead atoms. The van der Waals surface area contributed by atoms with Gasteiger partial charge < -0.3 is 4.90 Å². The van der Waals surface area contributed by atoms with Crippen LogP contribution in [-0.2, 0) is 5.41 Å². The van der Waals surface area contributed by atoms with Crippen LogP contribution < -0.4 is 4.90 Å². The summed E-state index contributed by atoms with van der Waals surface area (Å²) in [5.41, 5.74) is 3.07. The number of rotatable bonds is 2. The lowest BCUT2D eigenvalue weighted by Crippen LogP contribution is -2.70. The number of fused-ring (bicyclic) bond motifs is 2. The smallest absolute Gasteiger partial charge is 0.0367 e. The Morgan fingerprint density at radius 1 is 1.00 bits per heavy atom. The van der Waals surface area contributed by atoms with E-state index in [9.17, 15) is 0 Å². The molecule has 3 aliphatic rings. The largest absolute Gasteiger partial charge is 0.368 e. The van der Waals surface area contributed by atoms with E-state index >= 15 is 0 Å². The minimum atomic E-state index is 0.247. The molecule has 0 saturated carbocycles. The van der Waals surface area contributed by atoms with Crippen molar-refractivity contribution >= 4 is 5.69 Å². The zero-order valence-corrected chi connectivity index (χ0v) is 13.6. The molecule has 1 aromatic carbocycles. The van der Waals surface area contributed by atoms with E-state index in [1.165, 1.54) is 30.8 Å². The SMILES string of the molecule is CC(C)N1C2CC1CN(c1ccc(C(C)(C)C)cc1)C2. The summed E-state index contributed by atoms with van der Waals surface area (Å²) in [6.07, 6.45) is 1.40. The first-order valence-corrected chi connectivity index (χ1v) is 7.99. The number of hydrogen-bond acceptors (Lipinski definition) is 2. The maximum Gasteiger partial charge on any atom is 0.0367 e. The van der Waals surface area contributed by atoms with Gasteiger partial charge in [0.05, 0.1) is 0 Å². The standard InChI is InChI=1S/C18H28N2/c1-13(2)20-16-10-17(20)12-19(11-16)15-8-6-14(7-9-15)18(3,4)5/h6-9,13,16-17H,10-12H2,1-5H3. The third-order valence-electron chi connectivity index (χ3n) is 4.94. The molecule has 1 aromatic rings. The highest BCUT2D eigenvalue weighted by atomic mass is 15.4. The maximum atomic E-state index is 2.69. The summed E-state index contributed by atoms with van der Waals surface area (Å²) in [5, 5.41) is 0. The number of piperidine rings is 1. The topological polar surface area (TPSA) is 6.48 Å². The molecule has 3 aliphatic heterocycles. The van der Waals surface area contributed by atoms with Crippen LogP contribution in [0.2, 0.25) is 0 Å². The van der Waals surface area contributed by atoms with E-state index in [2.05, 4.69) is 68.7 Å². The molecule has 3 heterocycles. The van der Waals surface area contributed by atoms with Gasteiger partial charge in [-0.2, -0.15) is 0 Å². The van der Waals surface area contributed by atoms with Gasteiger partial charge in [-0.1, -0.05) is 32.9 Å². The molecule has 0 aromatic heterocycles. The minimum absolute atomic E-state index is 0.247. The summed E-state index contributed by atoms with van der Waals surface area (Å²) in [4.78, 5) is 5.27. The first-order chi connectivity index (χ1) is 9.36. The summed E-state index contributed by atoms with van der Waals surface area (Å²) in [6.45, 7) is 13.9. The molecule has 0 aliphatic carbocycles. The van der Waals surface area contributed by atoms with Gasteiger partial charge in [0.2, 0.25) is 0 Å². The first-order valence-electron chi connectivity index (χ1n) is 7.99. The van der Waals surface area contributed by atoms with Crippen molar-refractivity contribution in [3.05, 3.63) is 29.8 Å². The van der Waals surface area contributed by atoms with Crippen molar-refractivity contribution in [3.63, 3.8) is 0 Å². The molecule has 4 rings (SSSR count). The molecule has 2 nitrogen and oxygen atoms in total. The number of anilines is 1. The Morgan fingerprint density at radius 3 is 2.00 bits per heavy atom. The van der Waals surface area contributed by atoms with Crippen LogP contribution in [0.1, 0.15) is 46.6 Å². The average molecular weight is 272 g/mol. The van der Waals surface area contributed by atoms with Crippen LogP contribution in [0.3, 0.4) is 0 Å². The Bertz CT molecular complexity index is 457. The number of hydrogen-bond donors (Lipinski definition) is 0. The van der Waals surface area contributed by atoms with E-state index in [1.807, 2.05) is 0 Å². The summed E-state index contributed by atoms with van der Waals surface area (Å²) >= 11 is 0. The summed E-state index contributed by atoms with van der Waals surface area (Å²) < 4.78 is 0. The van der Waals surface area contributed by atoms with Crippen molar-refractivity contribution in [2.75, 3.05) is 18.0 Å². The third kappa shape index (κ3) is 2.35. The van der Waals surface area contributed by atoms with Gasteiger partial charge in [-0.25, -0.2) is 0 Å². The molecule has 2 unspecified atom stereocenters. The fourth-order valence-electron chi connectivity index (χ4n) is 3.86. The van der Waals surface area contributed by atoms with Crippen LogP contribution in [0.15, 0.2) is 24.3 Å². The molecule has 0 amide bonds. The second-order valence-corrected chi connectivity index (χ2v) is 7.79. The van der Waals surface area contributed by atoms with Gasteiger partial charge in [-0.3, -0.25) is 4.90 Å². The molecular formula is C18H28N2. The quantitative estimate of drug-likeness (QED) is 0.811. The molecular weight excluding hydrogens is 244 g/mol. The van der Waals surface area contributed by atoms with Crippen molar-refractivity contribution < 1.29 is 0 Å². The Balaban J connectivity index is 1.70. The summed E-state index contributed by atoms with van der Waals surface area (Å²) in [5.74, 6) is 0. The Kier molecular flexibility index (Phi) is 3.32. The molecule has 0 spiro atoms. The molecule has 2 atom stereocenters. The van der Waals surface area contributed by atoms with Crippen molar-refractivity contribution in [2.24, 2.45) is 0 Å². The lowest BCUT2D eigenvalue weighted by molar-refractivity contribution is -0.0270. The van der Waals surface area contributed by atoms with Crippen LogP contribution in [0, 0.1) is 0 Å². The van der Waals surface area contributed by atoms with Gasteiger partial charge in [0.15, 0.2) is 0 Å². The van der Waals surface area contributed by atoms with Crippen LogP contribution in [0.25, 0.3) is 0 Å². The Morgan fingerprint density at radius 2 is 1.55 bits per heavy atom.